The van der Waals surface area contributed by atoms with Crippen LogP contribution in [0.5, 0.6) is 0 Å². The van der Waals surface area contributed by atoms with Gasteiger partial charge in [0.1, 0.15) is 17.0 Å². The molecule has 3 aromatic rings. The lowest BCUT2D eigenvalue weighted by atomic mass is 10.3. The smallest absolute Gasteiger partial charge is 0.184 e. The first kappa shape index (κ1) is 11.2. The van der Waals surface area contributed by atoms with Crippen molar-refractivity contribution < 1.29 is 0 Å². The first-order chi connectivity index (χ1) is 8.79. The highest BCUT2D eigenvalue weighted by atomic mass is 35.5. The normalized spacial score (nSPS) is 11.2. The van der Waals surface area contributed by atoms with Crippen LogP contribution >= 0.6 is 11.6 Å². The molecular weight excluding hydrogens is 252 g/mol. The second-order valence-electron chi connectivity index (χ2n) is 3.92. The molecule has 92 valence electrons. The zero-order valence-electron chi connectivity index (χ0n) is 9.76. The maximum atomic E-state index is 6.19. The number of aromatic amines is 1. The maximum Gasteiger partial charge on any atom is 0.184 e. The van der Waals surface area contributed by atoms with Crippen molar-refractivity contribution in [3.63, 3.8) is 0 Å². The van der Waals surface area contributed by atoms with Gasteiger partial charge in [0.2, 0.25) is 0 Å². The van der Waals surface area contributed by atoms with Crippen molar-refractivity contribution in [1.29, 1.82) is 0 Å². The van der Waals surface area contributed by atoms with Gasteiger partial charge in [0.05, 0.1) is 12.0 Å². The van der Waals surface area contributed by atoms with Gasteiger partial charge in [-0.15, -0.1) is 0 Å². The van der Waals surface area contributed by atoms with E-state index in [1.165, 1.54) is 6.33 Å². The molecule has 18 heavy (non-hydrogen) atoms. The summed E-state index contributed by atoms with van der Waals surface area (Å²) >= 11 is 6.19. The minimum atomic E-state index is 0.535. The quantitative estimate of drug-likeness (QED) is 0.785. The zero-order valence-corrected chi connectivity index (χ0v) is 10.5. The number of H-pyrrole nitrogens is 1. The molecule has 0 fully saturated rings. The second kappa shape index (κ2) is 4.38. The number of hydrogen-bond acceptors (Lipinski definition) is 4. The Balaban J connectivity index is 2.16. The molecule has 3 heterocycles. The Labute approximate surface area is 108 Å². The fraction of sp³-hybridized carbons (Fsp3) is 0.273. The monoisotopic (exact) mass is 262 g/mol. The van der Waals surface area contributed by atoms with Gasteiger partial charge in [0, 0.05) is 0 Å². The van der Waals surface area contributed by atoms with E-state index in [1.54, 1.807) is 11.0 Å². The average molecular weight is 263 g/mol. The van der Waals surface area contributed by atoms with Crippen LogP contribution < -0.4 is 0 Å². The SMILES string of the molecule is CCCc1cc(Cl)n(-c2ncnc3nc[nH]c23)n1. The Kier molecular flexibility index (Phi) is 2.71. The molecule has 0 aliphatic rings. The van der Waals surface area contributed by atoms with Crippen LogP contribution in [0.15, 0.2) is 18.7 Å². The van der Waals surface area contributed by atoms with E-state index in [-0.39, 0.29) is 0 Å². The number of nitrogens with one attached hydrogen (secondary N) is 1. The van der Waals surface area contributed by atoms with Gasteiger partial charge in [0.25, 0.3) is 0 Å². The lowest BCUT2D eigenvalue weighted by molar-refractivity contribution is 0.792. The third-order valence-corrected chi connectivity index (χ3v) is 2.90. The Hall–Kier alpha value is -1.95. The summed E-state index contributed by atoms with van der Waals surface area (Å²) in [6.07, 6.45) is 4.95. The summed E-state index contributed by atoms with van der Waals surface area (Å²) in [5.41, 5.74) is 2.28. The molecular formula is C11H11ClN6. The number of fused-ring (bicyclic) bond motifs is 1. The molecule has 0 aliphatic heterocycles. The lowest BCUT2D eigenvalue weighted by Crippen LogP contribution is -2.02. The number of nitrogens with zero attached hydrogens (tertiary/aromatic N) is 5. The molecule has 0 spiro atoms. The molecule has 6 nitrogen and oxygen atoms in total. The van der Waals surface area contributed by atoms with Crippen LogP contribution in [-0.2, 0) is 6.42 Å². The number of hydrogen-bond donors (Lipinski definition) is 1. The van der Waals surface area contributed by atoms with E-state index in [0.717, 1.165) is 24.1 Å². The number of imidazole rings is 1. The summed E-state index contributed by atoms with van der Waals surface area (Å²) < 4.78 is 1.61. The minimum absolute atomic E-state index is 0.535. The molecule has 7 heteroatoms. The van der Waals surface area contributed by atoms with Crippen LogP contribution in [0.4, 0.5) is 0 Å². The van der Waals surface area contributed by atoms with Crippen LogP contribution in [0.25, 0.3) is 17.0 Å². The highest BCUT2D eigenvalue weighted by Crippen LogP contribution is 2.20. The average Bonchev–Trinajstić information content (AvgIpc) is 2.95. The predicted octanol–water partition coefficient (Wildman–Crippen LogP) is 2.14. The van der Waals surface area contributed by atoms with Gasteiger partial charge < -0.3 is 4.98 Å². The van der Waals surface area contributed by atoms with Crippen LogP contribution in [0.2, 0.25) is 5.15 Å². The Morgan fingerprint density at radius 2 is 2.22 bits per heavy atom. The third kappa shape index (κ3) is 1.74. The number of halogens is 1. The fourth-order valence-corrected chi connectivity index (χ4v) is 2.09. The summed E-state index contributed by atoms with van der Waals surface area (Å²) in [5.74, 6) is 0.616. The molecule has 0 radical (unpaired) electrons. The number of aromatic nitrogens is 6. The molecule has 0 amide bonds. The third-order valence-electron chi connectivity index (χ3n) is 2.63. The highest BCUT2D eigenvalue weighted by Gasteiger charge is 2.13. The summed E-state index contributed by atoms with van der Waals surface area (Å²) in [4.78, 5) is 15.4. The van der Waals surface area contributed by atoms with E-state index >= 15 is 0 Å². The van der Waals surface area contributed by atoms with Gasteiger partial charge >= 0.3 is 0 Å². The number of rotatable bonds is 3. The fourth-order valence-electron chi connectivity index (χ4n) is 1.84. The van der Waals surface area contributed by atoms with Crippen molar-refractivity contribution in [2.24, 2.45) is 0 Å². The topological polar surface area (TPSA) is 72.3 Å². The molecule has 0 aromatic carbocycles. The lowest BCUT2D eigenvalue weighted by Gasteiger charge is -2.02. The van der Waals surface area contributed by atoms with Crippen LogP contribution in [0.1, 0.15) is 19.0 Å². The first-order valence-electron chi connectivity index (χ1n) is 5.68. The minimum Gasteiger partial charge on any atom is -0.340 e. The molecule has 0 aliphatic carbocycles. The maximum absolute atomic E-state index is 6.19. The molecule has 0 saturated carbocycles. The summed E-state index contributed by atoms with van der Waals surface area (Å²) in [7, 11) is 0. The summed E-state index contributed by atoms with van der Waals surface area (Å²) in [6.45, 7) is 2.10. The van der Waals surface area contributed by atoms with Gasteiger partial charge in [-0.3, -0.25) is 0 Å². The number of aryl methyl sites for hydroxylation is 1. The van der Waals surface area contributed by atoms with E-state index in [2.05, 4.69) is 32.0 Å². The Morgan fingerprint density at radius 3 is 3.06 bits per heavy atom. The van der Waals surface area contributed by atoms with Crippen LogP contribution in [0.3, 0.4) is 0 Å². The van der Waals surface area contributed by atoms with Crippen molar-refractivity contribution in [2.45, 2.75) is 19.8 Å². The predicted molar refractivity (Wildman–Crippen MR) is 67.8 cm³/mol. The van der Waals surface area contributed by atoms with Gasteiger partial charge in [-0.1, -0.05) is 24.9 Å². The van der Waals surface area contributed by atoms with Gasteiger partial charge in [-0.2, -0.15) is 5.10 Å². The molecule has 0 atom stereocenters. The van der Waals surface area contributed by atoms with E-state index in [9.17, 15) is 0 Å². The van der Waals surface area contributed by atoms with Crippen LogP contribution in [-0.4, -0.2) is 29.7 Å². The van der Waals surface area contributed by atoms with Gasteiger partial charge in [0.15, 0.2) is 11.5 Å². The molecule has 3 rings (SSSR count). The molecule has 1 N–H and O–H groups in total. The molecule has 3 aromatic heterocycles. The Morgan fingerprint density at radius 1 is 1.33 bits per heavy atom. The molecule has 0 bridgehead atoms. The van der Waals surface area contributed by atoms with E-state index < -0.39 is 0 Å². The van der Waals surface area contributed by atoms with Crippen molar-refractivity contribution >= 4 is 22.8 Å². The Bertz CT molecular complexity index is 686. The molecule has 0 unspecified atom stereocenters. The second-order valence-corrected chi connectivity index (χ2v) is 4.31. The van der Waals surface area contributed by atoms with Crippen molar-refractivity contribution in [3.05, 3.63) is 29.6 Å². The van der Waals surface area contributed by atoms with E-state index in [0.29, 0.717) is 16.6 Å². The largest absolute Gasteiger partial charge is 0.340 e. The van der Waals surface area contributed by atoms with Crippen molar-refractivity contribution in [1.82, 2.24) is 29.7 Å². The zero-order chi connectivity index (χ0) is 12.5. The van der Waals surface area contributed by atoms with Gasteiger partial charge in [-0.05, 0) is 12.5 Å². The standard InChI is InChI=1S/C11H11ClN6/c1-2-3-7-4-8(12)18(17-7)11-9-10(14-5-13-9)15-6-16-11/h4-6H,2-3H2,1H3,(H,13,14,15,16). The molecule has 0 saturated heterocycles. The van der Waals surface area contributed by atoms with Crippen molar-refractivity contribution in [3.8, 4) is 5.82 Å². The van der Waals surface area contributed by atoms with Gasteiger partial charge in [-0.25, -0.2) is 19.6 Å². The van der Waals surface area contributed by atoms with E-state index in [4.69, 9.17) is 11.6 Å². The van der Waals surface area contributed by atoms with Crippen molar-refractivity contribution in [2.75, 3.05) is 0 Å². The highest BCUT2D eigenvalue weighted by molar-refractivity contribution is 6.29. The summed E-state index contributed by atoms with van der Waals surface area (Å²) in [6, 6.07) is 1.86. The van der Waals surface area contributed by atoms with E-state index in [1.807, 2.05) is 6.07 Å². The first-order valence-corrected chi connectivity index (χ1v) is 6.06. The summed E-state index contributed by atoms with van der Waals surface area (Å²) in [5, 5.41) is 4.98. The van der Waals surface area contributed by atoms with Crippen LogP contribution in [0, 0.1) is 0 Å².